The van der Waals surface area contributed by atoms with E-state index in [0.717, 1.165) is 11.8 Å². The molecule has 0 aromatic heterocycles. The smallest absolute Gasteiger partial charge is 0.00101 e. The zero-order valence-corrected chi connectivity index (χ0v) is 10.2. The number of likely N-dealkylation sites (tertiary alicyclic amines) is 1. The summed E-state index contributed by atoms with van der Waals surface area (Å²) in [5.74, 6) is 1.94. The molecule has 1 atom stereocenters. The third kappa shape index (κ3) is 3.76. The van der Waals surface area contributed by atoms with Gasteiger partial charge in [-0.25, -0.2) is 0 Å². The minimum absolute atomic E-state index is 0.966. The molecule has 2 rings (SSSR count). The highest BCUT2D eigenvalue weighted by Crippen LogP contribution is 2.20. The van der Waals surface area contributed by atoms with Crippen LogP contribution in [0.5, 0.6) is 0 Å². The average Bonchev–Trinajstić information content (AvgIpc) is 2.50. The highest BCUT2D eigenvalue weighted by atomic mass is 15.1. The zero-order chi connectivity index (χ0) is 10.5. The predicted molar refractivity (Wildman–Crippen MR) is 65.0 cm³/mol. The third-order valence-electron chi connectivity index (χ3n) is 4.09. The van der Waals surface area contributed by atoms with E-state index in [1.807, 2.05) is 0 Å². The molecule has 2 aliphatic rings. The lowest BCUT2D eigenvalue weighted by Crippen LogP contribution is -2.36. The minimum atomic E-state index is 0.966. The number of rotatable bonds is 2. The van der Waals surface area contributed by atoms with Crippen LogP contribution >= 0.6 is 0 Å². The quantitative estimate of drug-likeness (QED) is 0.751. The van der Waals surface area contributed by atoms with Crippen LogP contribution in [-0.4, -0.2) is 37.6 Å². The Labute approximate surface area is 94.4 Å². The lowest BCUT2D eigenvalue weighted by molar-refractivity contribution is 0.162. The Balaban J connectivity index is 1.70. The first-order chi connectivity index (χ1) is 7.34. The first kappa shape index (κ1) is 11.4. The number of piperidine rings is 1. The maximum atomic E-state index is 3.50. The molecule has 0 bridgehead atoms. The van der Waals surface area contributed by atoms with Gasteiger partial charge >= 0.3 is 0 Å². The second kappa shape index (κ2) is 5.86. The molecular weight excluding hydrogens is 184 g/mol. The van der Waals surface area contributed by atoms with Crippen molar-refractivity contribution < 1.29 is 0 Å². The van der Waals surface area contributed by atoms with Crippen molar-refractivity contribution in [3.63, 3.8) is 0 Å². The fraction of sp³-hybridized carbons (Fsp3) is 1.00. The van der Waals surface area contributed by atoms with Crippen molar-refractivity contribution in [2.75, 3.05) is 32.7 Å². The Bertz CT molecular complexity index is 165. The molecule has 0 aromatic rings. The Kier molecular flexibility index (Phi) is 4.45. The molecule has 2 aliphatic heterocycles. The Hall–Kier alpha value is -0.0800. The molecule has 0 spiro atoms. The third-order valence-corrected chi connectivity index (χ3v) is 4.09. The summed E-state index contributed by atoms with van der Waals surface area (Å²) in [6.45, 7) is 8.96. The number of nitrogens with one attached hydrogen (secondary N) is 1. The van der Waals surface area contributed by atoms with Gasteiger partial charge in [0.15, 0.2) is 0 Å². The molecule has 0 unspecified atom stereocenters. The van der Waals surface area contributed by atoms with Crippen LogP contribution in [0.3, 0.4) is 0 Å². The van der Waals surface area contributed by atoms with Gasteiger partial charge in [0.05, 0.1) is 0 Å². The summed E-state index contributed by atoms with van der Waals surface area (Å²) in [4.78, 5) is 2.70. The molecule has 2 saturated heterocycles. The summed E-state index contributed by atoms with van der Waals surface area (Å²) in [5, 5.41) is 3.50. The van der Waals surface area contributed by atoms with E-state index in [0.29, 0.717) is 0 Å². The average molecular weight is 210 g/mol. The first-order valence-electron chi connectivity index (χ1n) is 6.77. The van der Waals surface area contributed by atoms with Gasteiger partial charge in [-0.15, -0.1) is 0 Å². The Morgan fingerprint density at radius 3 is 2.67 bits per heavy atom. The summed E-state index contributed by atoms with van der Waals surface area (Å²) < 4.78 is 0. The van der Waals surface area contributed by atoms with Gasteiger partial charge in [-0.3, -0.25) is 0 Å². The SMILES string of the molecule is CC1CCN(C[C@H]2CCCNCC2)CC1. The van der Waals surface area contributed by atoms with Crippen LogP contribution in [0.25, 0.3) is 0 Å². The van der Waals surface area contributed by atoms with E-state index < -0.39 is 0 Å². The molecule has 2 heterocycles. The van der Waals surface area contributed by atoms with E-state index in [2.05, 4.69) is 17.1 Å². The van der Waals surface area contributed by atoms with Crippen LogP contribution < -0.4 is 5.32 Å². The molecule has 0 radical (unpaired) electrons. The molecule has 2 heteroatoms. The van der Waals surface area contributed by atoms with Gasteiger partial charge in [-0.2, -0.15) is 0 Å². The molecule has 1 N–H and O–H groups in total. The lowest BCUT2D eigenvalue weighted by Gasteiger charge is -2.32. The zero-order valence-electron chi connectivity index (χ0n) is 10.2. The first-order valence-corrected chi connectivity index (χ1v) is 6.77. The van der Waals surface area contributed by atoms with Gasteiger partial charge in [-0.1, -0.05) is 6.92 Å². The fourth-order valence-corrected chi connectivity index (χ4v) is 2.88. The van der Waals surface area contributed by atoms with Crippen molar-refractivity contribution >= 4 is 0 Å². The van der Waals surface area contributed by atoms with Gasteiger partial charge in [0, 0.05) is 6.54 Å². The van der Waals surface area contributed by atoms with E-state index in [-0.39, 0.29) is 0 Å². The monoisotopic (exact) mass is 210 g/mol. The van der Waals surface area contributed by atoms with E-state index in [1.165, 1.54) is 64.8 Å². The van der Waals surface area contributed by atoms with Gasteiger partial charge in [0.2, 0.25) is 0 Å². The summed E-state index contributed by atoms with van der Waals surface area (Å²) in [7, 11) is 0. The molecular formula is C13H26N2. The number of hydrogen-bond acceptors (Lipinski definition) is 2. The summed E-state index contributed by atoms with van der Waals surface area (Å²) >= 11 is 0. The van der Waals surface area contributed by atoms with Crippen molar-refractivity contribution in [1.29, 1.82) is 0 Å². The highest BCUT2D eigenvalue weighted by Gasteiger charge is 2.19. The molecule has 15 heavy (non-hydrogen) atoms. The van der Waals surface area contributed by atoms with Crippen molar-refractivity contribution in [3.8, 4) is 0 Å². The summed E-state index contributed by atoms with van der Waals surface area (Å²) in [6.07, 6.45) is 7.07. The van der Waals surface area contributed by atoms with E-state index in [9.17, 15) is 0 Å². The molecule has 2 nitrogen and oxygen atoms in total. The molecule has 0 aliphatic carbocycles. The van der Waals surface area contributed by atoms with Gasteiger partial charge < -0.3 is 10.2 Å². The van der Waals surface area contributed by atoms with E-state index in [4.69, 9.17) is 0 Å². The van der Waals surface area contributed by atoms with Crippen LogP contribution in [0.2, 0.25) is 0 Å². The lowest BCUT2D eigenvalue weighted by atomic mass is 9.95. The van der Waals surface area contributed by atoms with Crippen molar-refractivity contribution in [2.24, 2.45) is 11.8 Å². The number of hydrogen-bond donors (Lipinski definition) is 1. The standard InChI is InChI=1S/C13H26N2/c1-12-5-9-15(10-6-12)11-13-3-2-7-14-8-4-13/h12-14H,2-11H2,1H3/t13-/m0/s1. The van der Waals surface area contributed by atoms with E-state index in [1.54, 1.807) is 0 Å². The molecule has 88 valence electrons. The molecule has 0 amide bonds. The van der Waals surface area contributed by atoms with Gasteiger partial charge in [0.1, 0.15) is 0 Å². The largest absolute Gasteiger partial charge is 0.317 e. The van der Waals surface area contributed by atoms with Crippen molar-refractivity contribution in [3.05, 3.63) is 0 Å². The van der Waals surface area contributed by atoms with Crippen LogP contribution in [0.4, 0.5) is 0 Å². The topological polar surface area (TPSA) is 15.3 Å². The minimum Gasteiger partial charge on any atom is -0.317 e. The van der Waals surface area contributed by atoms with E-state index >= 15 is 0 Å². The van der Waals surface area contributed by atoms with Crippen LogP contribution in [-0.2, 0) is 0 Å². The maximum Gasteiger partial charge on any atom is 0.00101 e. The van der Waals surface area contributed by atoms with Crippen LogP contribution in [0.15, 0.2) is 0 Å². The second-order valence-electron chi connectivity index (χ2n) is 5.53. The van der Waals surface area contributed by atoms with Crippen LogP contribution in [0, 0.1) is 11.8 Å². The highest BCUT2D eigenvalue weighted by molar-refractivity contribution is 4.74. The predicted octanol–water partition coefficient (Wildman–Crippen LogP) is 2.11. The molecule has 2 fully saturated rings. The molecule has 0 saturated carbocycles. The second-order valence-corrected chi connectivity index (χ2v) is 5.53. The van der Waals surface area contributed by atoms with Crippen LogP contribution in [0.1, 0.15) is 39.0 Å². The van der Waals surface area contributed by atoms with Gasteiger partial charge in [-0.05, 0) is 70.1 Å². The van der Waals surface area contributed by atoms with Crippen molar-refractivity contribution in [2.45, 2.75) is 39.0 Å². The molecule has 0 aromatic carbocycles. The Morgan fingerprint density at radius 2 is 1.87 bits per heavy atom. The van der Waals surface area contributed by atoms with Crippen molar-refractivity contribution in [1.82, 2.24) is 10.2 Å². The Morgan fingerprint density at radius 1 is 1.07 bits per heavy atom. The normalized spacial score (nSPS) is 31.4. The number of nitrogens with zero attached hydrogens (tertiary/aromatic N) is 1. The summed E-state index contributed by atoms with van der Waals surface area (Å²) in [6, 6.07) is 0. The maximum absolute atomic E-state index is 3.50. The fourth-order valence-electron chi connectivity index (χ4n) is 2.88. The summed E-state index contributed by atoms with van der Waals surface area (Å²) in [5.41, 5.74) is 0. The van der Waals surface area contributed by atoms with Gasteiger partial charge in [0.25, 0.3) is 0 Å².